The van der Waals surface area contributed by atoms with Crippen LogP contribution in [0.5, 0.6) is 0 Å². The molecule has 0 atom stereocenters. The van der Waals surface area contributed by atoms with Crippen LogP contribution < -0.4 is 5.73 Å². The van der Waals surface area contributed by atoms with Gasteiger partial charge in [-0.3, -0.25) is 4.79 Å². The zero-order chi connectivity index (χ0) is 10.9. The fourth-order valence-corrected chi connectivity index (χ4v) is 1.21. The van der Waals surface area contributed by atoms with Gasteiger partial charge in [0.25, 0.3) is 0 Å². The Morgan fingerprint density at radius 3 is 2.43 bits per heavy atom. The third-order valence-corrected chi connectivity index (χ3v) is 1.94. The second-order valence-electron chi connectivity index (χ2n) is 2.45. The normalized spacial score (nSPS) is 9.86. The highest BCUT2D eigenvalue weighted by molar-refractivity contribution is 6.34. The van der Waals surface area contributed by atoms with Crippen LogP contribution in [0, 0.1) is 5.82 Å². The van der Waals surface area contributed by atoms with E-state index in [0.29, 0.717) is 0 Å². The third-order valence-electron chi connectivity index (χ3n) is 1.57. The molecule has 1 aromatic carbocycles. The van der Waals surface area contributed by atoms with E-state index in [-0.39, 0.29) is 5.56 Å². The summed E-state index contributed by atoms with van der Waals surface area (Å²) in [5.74, 6) is -3.37. The number of aromatic carboxylic acids is 1. The lowest BCUT2D eigenvalue weighted by molar-refractivity contribution is 0.0691. The van der Waals surface area contributed by atoms with Crippen molar-refractivity contribution >= 4 is 23.5 Å². The average molecular weight is 218 g/mol. The van der Waals surface area contributed by atoms with E-state index in [9.17, 15) is 14.0 Å². The summed E-state index contributed by atoms with van der Waals surface area (Å²) >= 11 is 5.37. The van der Waals surface area contributed by atoms with E-state index in [1.165, 1.54) is 0 Å². The van der Waals surface area contributed by atoms with Gasteiger partial charge in [0.1, 0.15) is 5.82 Å². The highest BCUT2D eigenvalue weighted by Gasteiger charge is 2.20. The Labute approximate surface area is 83.1 Å². The number of primary amides is 1. The molecule has 4 nitrogen and oxygen atoms in total. The van der Waals surface area contributed by atoms with Gasteiger partial charge in [0.05, 0.1) is 16.1 Å². The summed E-state index contributed by atoms with van der Waals surface area (Å²) in [6, 6.07) is 1.86. The van der Waals surface area contributed by atoms with Crippen LogP contribution in [0.4, 0.5) is 4.39 Å². The Balaban J connectivity index is 3.53. The van der Waals surface area contributed by atoms with Gasteiger partial charge in [0.15, 0.2) is 0 Å². The van der Waals surface area contributed by atoms with Gasteiger partial charge in [-0.15, -0.1) is 0 Å². The lowest BCUT2D eigenvalue weighted by Crippen LogP contribution is -2.17. The third kappa shape index (κ3) is 1.67. The van der Waals surface area contributed by atoms with Crippen molar-refractivity contribution in [3.63, 3.8) is 0 Å². The molecule has 0 unspecified atom stereocenters. The summed E-state index contributed by atoms with van der Waals surface area (Å²) in [6.45, 7) is 0. The lowest BCUT2D eigenvalue weighted by Gasteiger charge is -2.04. The zero-order valence-corrected chi connectivity index (χ0v) is 7.51. The summed E-state index contributed by atoms with van der Waals surface area (Å²) in [6.07, 6.45) is 0. The van der Waals surface area contributed by atoms with Crippen molar-refractivity contribution in [3.8, 4) is 0 Å². The summed E-state index contributed by atoms with van der Waals surface area (Å²) in [5.41, 5.74) is 3.96. The fraction of sp³-hybridized carbons (Fsp3) is 0. The van der Waals surface area contributed by atoms with Gasteiger partial charge in [-0.2, -0.15) is 0 Å². The van der Waals surface area contributed by atoms with Crippen LogP contribution in [0.2, 0.25) is 5.02 Å². The molecule has 3 N–H and O–H groups in total. The molecule has 0 spiro atoms. The molecule has 0 saturated heterocycles. The second kappa shape index (κ2) is 3.63. The SMILES string of the molecule is NC(=O)c1ccc(F)c(Cl)c1C(=O)O. The Kier molecular flexibility index (Phi) is 2.71. The predicted molar refractivity (Wildman–Crippen MR) is 46.9 cm³/mol. The topological polar surface area (TPSA) is 80.4 Å². The number of carboxylic acid groups (broad SMARTS) is 1. The maximum atomic E-state index is 12.8. The molecule has 6 heteroatoms. The van der Waals surface area contributed by atoms with E-state index >= 15 is 0 Å². The number of hydrogen-bond donors (Lipinski definition) is 2. The minimum absolute atomic E-state index is 0.316. The van der Waals surface area contributed by atoms with Crippen LogP contribution in [-0.4, -0.2) is 17.0 Å². The largest absolute Gasteiger partial charge is 0.478 e. The molecule has 0 saturated carbocycles. The number of rotatable bonds is 2. The Morgan fingerprint density at radius 1 is 1.43 bits per heavy atom. The lowest BCUT2D eigenvalue weighted by atomic mass is 10.1. The van der Waals surface area contributed by atoms with Crippen molar-refractivity contribution in [3.05, 3.63) is 34.1 Å². The van der Waals surface area contributed by atoms with Crippen molar-refractivity contribution < 1.29 is 19.1 Å². The van der Waals surface area contributed by atoms with Crippen molar-refractivity contribution in [2.75, 3.05) is 0 Å². The first-order chi connectivity index (χ1) is 6.45. The Morgan fingerprint density at radius 2 is 2.00 bits per heavy atom. The van der Waals surface area contributed by atoms with Crippen LogP contribution in [0.15, 0.2) is 12.1 Å². The molecule has 0 aliphatic carbocycles. The second-order valence-corrected chi connectivity index (χ2v) is 2.83. The summed E-state index contributed by atoms with van der Waals surface area (Å²) in [7, 11) is 0. The molecule has 1 rings (SSSR count). The minimum Gasteiger partial charge on any atom is -0.478 e. The molecule has 0 fully saturated rings. The molecule has 0 aromatic heterocycles. The maximum absolute atomic E-state index is 12.8. The number of carbonyl (C=O) groups excluding carboxylic acids is 1. The summed E-state index contributed by atoms with van der Waals surface area (Å²) in [5, 5.41) is 8.04. The number of carboxylic acids is 1. The van der Waals surface area contributed by atoms with Gasteiger partial charge in [0, 0.05) is 0 Å². The molecule has 74 valence electrons. The van der Waals surface area contributed by atoms with Crippen molar-refractivity contribution in [2.45, 2.75) is 0 Å². The molecule has 0 aliphatic heterocycles. The van der Waals surface area contributed by atoms with Crippen molar-refractivity contribution in [1.82, 2.24) is 0 Å². The first kappa shape index (κ1) is 10.5. The van der Waals surface area contributed by atoms with Gasteiger partial charge in [0.2, 0.25) is 5.91 Å². The standard InChI is InChI=1S/C8H5ClFNO3/c9-6-4(10)2-1-3(7(11)12)5(6)8(13)14/h1-2H,(H2,11,12)(H,13,14). The zero-order valence-electron chi connectivity index (χ0n) is 6.75. The Bertz CT molecular complexity index is 419. The Hall–Kier alpha value is -1.62. The smallest absolute Gasteiger partial charge is 0.338 e. The number of amides is 1. The van der Waals surface area contributed by atoms with E-state index in [1.807, 2.05) is 0 Å². The first-order valence-corrected chi connectivity index (χ1v) is 3.84. The highest BCUT2D eigenvalue weighted by Crippen LogP contribution is 2.23. The van der Waals surface area contributed by atoms with E-state index < -0.39 is 28.3 Å². The molecule has 0 heterocycles. The summed E-state index contributed by atoms with van der Waals surface area (Å²) in [4.78, 5) is 21.4. The molecule has 0 bridgehead atoms. The van der Waals surface area contributed by atoms with E-state index in [0.717, 1.165) is 12.1 Å². The van der Waals surface area contributed by atoms with E-state index in [2.05, 4.69) is 0 Å². The van der Waals surface area contributed by atoms with Crippen LogP contribution in [0.3, 0.4) is 0 Å². The monoisotopic (exact) mass is 217 g/mol. The number of halogens is 2. The number of hydrogen-bond acceptors (Lipinski definition) is 2. The minimum atomic E-state index is -1.50. The quantitative estimate of drug-likeness (QED) is 0.783. The van der Waals surface area contributed by atoms with Crippen LogP contribution in [0.25, 0.3) is 0 Å². The van der Waals surface area contributed by atoms with Crippen LogP contribution in [0.1, 0.15) is 20.7 Å². The van der Waals surface area contributed by atoms with Gasteiger partial charge < -0.3 is 10.8 Å². The fourth-order valence-electron chi connectivity index (χ4n) is 0.965. The van der Waals surface area contributed by atoms with Crippen LogP contribution >= 0.6 is 11.6 Å². The van der Waals surface area contributed by atoms with Crippen molar-refractivity contribution in [1.29, 1.82) is 0 Å². The van der Waals surface area contributed by atoms with Crippen LogP contribution in [-0.2, 0) is 0 Å². The molecular weight excluding hydrogens is 213 g/mol. The number of carbonyl (C=O) groups is 2. The van der Waals surface area contributed by atoms with Crippen molar-refractivity contribution in [2.24, 2.45) is 5.73 Å². The predicted octanol–water partition coefficient (Wildman–Crippen LogP) is 1.28. The van der Waals surface area contributed by atoms with Gasteiger partial charge >= 0.3 is 5.97 Å². The molecule has 14 heavy (non-hydrogen) atoms. The molecule has 0 radical (unpaired) electrons. The van der Waals surface area contributed by atoms with Gasteiger partial charge in [-0.25, -0.2) is 9.18 Å². The average Bonchev–Trinajstić information content (AvgIpc) is 2.08. The molecule has 1 aromatic rings. The highest BCUT2D eigenvalue weighted by atomic mass is 35.5. The molecule has 1 amide bonds. The molecular formula is C8H5ClFNO3. The number of benzene rings is 1. The van der Waals surface area contributed by atoms with Gasteiger partial charge in [-0.1, -0.05) is 11.6 Å². The van der Waals surface area contributed by atoms with E-state index in [1.54, 1.807) is 0 Å². The molecule has 0 aliphatic rings. The van der Waals surface area contributed by atoms with E-state index in [4.69, 9.17) is 22.4 Å². The first-order valence-electron chi connectivity index (χ1n) is 3.46. The van der Waals surface area contributed by atoms with Gasteiger partial charge in [-0.05, 0) is 12.1 Å². The maximum Gasteiger partial charge on any atom is 0.338 e. The number of nitrogens with two attached hydrogens (primary N) is 1. The summed E-state index contributed by atoms with van der Waals surface area (Å²) < 4.78 is 12.8.